The summed E-state index contributed by atoms with van der Waals surface area (Å²) in [5.41, 5.74) is 4.20. The fourth-order valence-electron chi connectivity index (χ4n) is 1.55. The molecule has 10 nitrogen and oxygen atoms in total. The number of amides is 1. The molecule has 0 fully saturated rings. The number of rotatable bonds is 4. The van der Waals surface area contributed by atoms with E-state index < -0.39 is 27.1 Å². The number of aromatic nitrogens is 2. The summed E-state index contributed by atoms with van der Waals surface area (Å²) in [6.07, 6.45) is 2.35. The first-order chi connectivity index (χ1) is 9.40. The molecule has 0 unspecified atom stereocenters. The van der Waals surface area contributed by atoms with Gasteiger partial charge in [0, 0.05) is 12.3 Å². The molecule has 0 saturated heterocycles. The van der Waals surface area contributed by atoms with Crippen LogP contribution in [0.4, 0.5) is 11.4 Å². The number of hydrogen-bond donors (Lipinski definition) is 1. The van der Waals surface area contributed by atoms with Crippen molar-refractivity contribution in [3.05, 3.63) is 56.4 Å². The molecule has 20 heavy (non-hydrogen) atoms. The van der Waals surface area contributed by atoms with Gasteiger partial charge in [0.1, 0.15) is 5.69 Å². The van der Waals surface area contributed by atoms with E-state index in [4.69, 9.17) is 5.73 Å². The van der Waals surface area contributed by atoms with Crippen LogP contribution in [-0.4, -0.2) is 25.5 Å². The Hall–Kier alpha value is -3.30. The average molecular weight is 277 g/mol. The van der Waals surface area contributed by atoms with Crippen molar-refractivity contribution in [2.45, 2.75) is 0 Å². The van der Waals surface area contributed by atoms with Gasteiger partial charge in [-0.05, 0) is 6.07 Å². The Kier molecular flexibility index (Phi) is 3.13. The van der Waals surface area contributed by atoms with Gasteiger partial charge in [0.25, 0.3) is 11.6 Å². The van der Waals surface area contributed by atoms with Crippen molar-refractivity contribution in [1.82, 2.24) is 9.78 Å². The third-order valence-corrected chi connectivity index (χ3v) is 2.48. The highest BCUT2D eigenvalue weighted by atomic mass is 16.6. The number of primary amides is 1. The summed E-state index contributed by atoms with van der Waals surface area (Å²) in [7, 11) is 0. The van der Waals surface area contributed by atoms with Crippen LogP contribution in [-0.2, 0) is 0 Å². The van der Waals surface area contributed by atoms with E-state index in [0.717, 1.165) is 23.0 Å². The summed E-state index contributed by atoms with van der Waals surface area (Å²) >= 11 is 0. The van der Waals surface area contributed by atoms with E-state index >= 15 is 0 Å². The van der Waals surface area contributed by atoms with Gasteiger partial charge in [-0.2, -0.15) is 5.10 Å². The Bertz CT molecular complexity index is 723. The molecule has 1 aromatic heterocycles. The molecule has 0 aliphatic carbocycles. The first-order valence-corrected chi connectivity index (χ1v) is 5.18. The Morgan fingerprint density at radius 1 is 1.25 bits per heavy atom. The zero-order valence-electron chi connectivity index (χ0n) is 9.79. The van der Waals surface area contributed by atoms with E-state index in [1.165, 1.54) is 12.3 Å². The number of carbonyl (C=O) groups is 1. The van der Waals surface area contributed by atoms with Crippen LogP contribution in [0.1, 0.15) is 10.4 Å². The first-order valence-electron chi connectivity index (χ1n) is 5.18. The highest BCUT2D eigenvalue weighted by Crippen LogP contribution is 2.27. The minimum absolute atomic E-state index is 0.00639. The lowest BCUT2D eigenvalue weighted by Crippen LogP contribution is -2.09. The van der Waals surface area contributed by atoms with E-state index in [0.29, 0.717) is 0 Å². The molecule has 0 aliphatic rings. The molecule has 2 aromatic rings. The fourth-order valence-corrected chi connectivity index (χ4v) is 1.55. The summed E-state index contributed by atoms with van der Waals surface area (Å²) in [6, 6.07) is 3.10. The molecule has 1 aromatic carbocycles. The third kappa shape index (κ3) is 2.29. The summed E-state index contributed by atoms with van der Waals surface area (Å²) in [4.78, 5) is 31.0. The Balaban J connectivity index is 2.57. The molecular weight excluding hydrogens is 270 g/mol. The van der Waals surface area contributed by atoms with Crippen LogP contribution >= 0.6 is 0 Å². The maximum absolute atomic E-state index is 11.0. The van der Waals surface area contributed by atoms with Gasteiger partial charge in [-0.25, -0.2) is 4.68 Å². The third-order valence-electron chi connectivity index (χ3n) is 2.48. The van der Waals surface area contributed by atoms with E-state index in [-0.39, 0.29) is 11.3 Å². The summed E-state index contributed by atoms with van der Waals surface area (Å²) in [6.45, 7) is 0. The minimum atomic E-state index is -0.770. The Morgan fingerprint density at radius 3 is 2.45 bits per heavy atom. The molecule has 1 amide bonds. The molecule has 0 radical (unpaired) electrons. The number of nitrogens with two attached hydrogens (primary N) is 1. The van der Waals surface area contributed by atoms with Crippen molar-refractivity contribution >= 4 is 17.3 Å². The number of hydrogen-bond acceptors (Lipinski definition) is 6. The molecule has 0 aliphatic heterocycles. The van der Waals surface area contributed by atoms with Crippen molar-refractivity contribution in [3.8, 4) is 5.69 Å². The molecule has 0 bridgehead atoms. The monoisotopic (exact) mass is 277 g/mol. The number of nitrogens with zero attached hydrogens (tertiary/aromatic N) is 4. The predicted molar refractivity (Wildman–Crippen MR) is 65.4 cm³/mol. The lowest BCUT2D eigenvalue weighted by molar-refractivity contribution is -0.394. The maximum atomic E-state index is 11.0. The zero-order chi connectivity index (χ0) is 14.9. The molecule has 2 N–H and O–H groups in total. The van der Waals surface area contributed by atoms with Crippen LogP contribution in [0.3, 0.4) is 0 Å². The topological polar surface area (TPSA) is 147 Å². The largest absolute Gasteiger partial charge is 0.366 e. The van der Waals surface area contributed by atoms with Crippen molar-refractivity contribution in [2.24, 2.45) is 5.73 Å². The molecule has 102 valence electrons. The van der Waals surface area contributed by atoms with Crippen molar-refractivity contribution in [2.75, 3.05) is 0 Å². The molecule has 2 rings (SSSR count). The highest BCUT2D eigenvalue weighted by molar-refractivity contribution is 5.92. The van der Waals surface area contributed by atoms with E-state index in [9.17, 15) is 25.0 Å². The Labute approximate surface area is 110 Å². The predicted octanol–water partition coefficient (Wildman–Crippen LogP) is 0.788. The first kappa shape index (κ1) is 13.1. The zero-order valence-corrected chi connectivity index (χ0v) is 9.79. The molecule has 10 heteroatoms. The standard InChI is InChI=1S/C10H7N5O5/c11-10(16)6-4-12-13(5-6)8-2-1-7(14(17)18)3-9(8)15(19)20/h1-5H,(H2,11,16). The van der Waals surface area contributed by atoms with Gasteiger partial charge in [0.2, 0.25) is 0 Å². The van der Waals surface area contributed by atoms with E-state index in [1.54, 1.807) is 0 Å². The lowest BCUT2D eigenvalue weighted by Gasteiger charge is -2.02. The number of non-ortho nitro benzene ring substituents is 1. The normalized spacial score (nSPS) is 10.2. The molecule has 0 spiro atoms. The van der Waals surface area contributed by atoms with Crippen LogP contribution in [0.15, 0.2) is 30.6 Å². The highest BCUT2D eigenvalue weighted by Gasteiger charge is 2.21. The second kappa shape index (κ2) is 4.76. The number of nitro benzene ring substituents is 2. The van der Waals surface area contributed by atoms with E-state index in [2.05, 4.69) is 5.10 Å². The van der Waals surface area contributed by atoms with Crippen molar-refractivity contribution in [3.63, 3.8) is 0 Å². The summed E-state index contributed by atoms with van der Waals surface area (Å²) < 4.78 is 1.06. The van der Waals surface area contributed by atoms with Gasteiger partial charge in [0.15, 0.2) is 0 Å². The van der Waals surface area contributed by atoms with Crippen LogP contribution in [0.5, 0.6) is 0 Å². The molecule has 1 heterocycles. The van der Waals surface area contributed by atoms with Crippen LogP contribution in [0.2, 0.25) is 0 Å². The van der Waals surface area contributed by atoms with Gasteiger partial charge in [0.05, 0.1) is 27.7 Å². The van der Waals surface area contributed by atoms with Gasteiger partial charge in [-0.1, -0.05) is 0 Å². The minimum Gasteiger partial charge on any atom is -0.366 e. The second-order valence-electron chi connectivity index (χ2n) is 3.73. The number of benzene rings is 1. The second-order valence-corrected chi connectivity index (χ2v) is 3.73. The lowest BCUT2D eigenvalue weighted by atomic mass is 10.2. The van der Waals surface area contributed by atoms with Gasteiger partial charge in [-0.15, -0.1) is 0 Å². The van der Waals surface area contributed by atoms with Crippen LogP contribution < -0.4 is 5.73 Å². The molecule has 0 saturated carbocycles. The Morgan fingerprint density at radius 2 is 1.95 bits per heavy atom. The van der Waals surface area contributed by atoms with Gasteiger partial charge in [-0.3, -0.25) is 25.0 Å². The summed E-state index contributed by atoms with van der Waals surface area (Å²) in [5.74, 6) is -0.735. The van der Waals surface area contributed by atoms with Crippen molar-refractivity contribution in [1.29, 1.82) is 0 Å². The van der Waals surface area contributed by atoms with E-state index in [1.807, 2.05) is 0 Å². The van der Waals surface area contributed by atoms with Gasteiger partial charge < -0.3 is 5.73 Å². The maximum Gasteiger partial charge on any atom is 0.301 e. The quantitative estimate of drug-likeness (QED) is 0.645. The van der Waals surface area contributed by atoms with Gasteiger partial charge >= 0.3 is 5.69 Å². The van der Waals surface area contributed by atoms with Crippen molar-refractivity contribution < 1.29 is 14.6 Å². The van der Waals surface area contributed by atoms with Crippen LogP contribution in [0, 0.1) is 20.2 Å². The molecular formula is C10H7N5O5. The smallest absolute Gasteiger partial charge is 0.301 e. The number of nitro groups is 2. The fraction of sp³-hybridized carbons (Fsp3) is 0. The average Bonchev–Trinajstić information content (AvgIpc) is 2.87. The number of carbonyl (C=O) groups excluding carboxylic acids is 1. The van der Waals surface area contributed by atoms with Crippen LogP contribution in [0.25, 0.3) is 5.69 Å². The molecule has 0 atom stereocenters. The summed E-state index contributed by atoms with van der Waals surface area (Å²) in [5, 5.41) is 25.3. The SMILES string of the molecule is NC(=O)c1cnn(-c2ccc([N+](=O)[O-])cc2[N+](=O)[O-])c1.